The second-order valence-electron chi connectivity index (χ2n) is 8.87. The number of para-hydroxylation sites is 2. The number of thiazole rings is 1. The van der Waals surface area contributed by atoms with Crippen molar-refractivity contribution in [3.05, 3.63) is 89.1 Å². The highest BCUT2D eigenvalue weighted by Crippen LogP contribution is 2.36. The third kappa shape index (κ3) is 4.15. The fourth-order valence-corrected chi connectivity index (χ4v) is 7.12. The Morgan fingerprint density at radius 1 is 1.14 bits per heavy atom. The summed E-state index contributed by atoms with van der Waals surface area (Å²) in [5.41, 5.74) is 6.68. The maximum atomic E-state index is 12.6. The Bertz CT molecular complexity index is 1540. The smallest absolute Gasteiger partial charge is 0.364 e. The number of hydrogen-bond donors (Lipinski definition) is 2. The summed E-state index contributed by atoms with van der Waals surface area (Å²) >= 11 is 3.43. The molecule has 182 valence electrons. The van der Waals surface area contributed by atoms with Gasteiger partial charge in [0.2, 0.25) is 0 Å². The third-order valence-corrected chi connectivity index (χ3v) is 9.03. The number of nitrogens with two attached hydrogens (primary N) is 1. The fourth-order valence-electron chi connectivity index (χ4n) is 5.07. The zero-order chi connectivity index (χ0) is 24.6. The van der Waals surface area contributed by atoms with Gasteiger partial charge in [0.1, 0.15) is 5.75 Å². The number of fused-ring (bicyclic) bond motifs is 4. The van der Waals surface area contributed by atoms with Gasteiger partial charge in [0.05, 0.1) is 30.1 Å². The van der Waals surface area contributed by atoms with E-state index in [1.54, 1.807) is 30.2 Å². The average molecular weight is 517 g/mol. The Kier molecular flexibility index (Phi) is 6.17. The molecule has 0 saturated heterocycles. The molecule has 3 N–H and O–H groups in total. The van der Waals surface area contributed by atoms with E-state index in [9.17, 15) is 4.79 Å². The predicted molar refractivity (Wildman–Crippen MR) is 144 cm³/mol. The molecule has 2 aromatic heterocycles. The van der Waals surface area contributed by atoms with E-state index in [0.717, 1.165) is 43.7 Å². The van der Waals surface area contributed by atoms with Crippen molar-refractivity contribution in [2.45, 2.75) is 28.6 Å². The minimum Gasteiger partial charge on any atom is -0.496 e. The van der Waals surface area contributed by atoms with Crippen LogP contribution in [0.25, 0.3) is 21.1 Å². The number of hydrogen-bond acceptors (Lipinski definition) is 6. The predicted octanol–water partition coefficient (Wildman–Crippen LogP) is 4.83. The molecule has 5 aromatic rings. The lowest BCUT2D eigenvalue weighted by molar-refractivity contribution is -0.712. The van der Waals surface area contributed by atoms with Gasteiger partial charge in [-0.1, -0.05) is 42.1 Å². The van der Waals surface area contributed by atoms with Gasteiger partial charge in [-0.2, -0.15) is 0 Å². The van der Waals surface area contributed by atoms with Crippen molar-refractivity contribution < 1.29 is 19.6 Å². The fraction of sp³-hybridized carbons (Fsp3) is 0.214. The van der Waals surface area contributed by atoms with Gasteiger partial charge < -0.3 is 19.8 Å². The number of rotatable bonds is 6. The van der Waals surface area contributed by atoms with Gasteiger partial charge in [-0.25, -0.2) is 9.78 Å². The highest BCUT2D eigenvalue weighted by Gasteiger charge is 2.38. The second kappa shape index (κ2) is 9.61. The van der Waals surface area contributed by atoms with Gasteiger partial charge >= 0.3 is 5.97 Å². The number of aromatic nitrogens is 2. The second-order valence-corrected chi connectivity index (χ2v) is 11.1. The van der Waals surface area contributed by atoms with Crippen molar-refractivity contribution in [3.63, 3.8) is 0 Å². The molecule has 0 fully saturated rings. The molecule has 0 radical (unpaired) electrons. The van der Waals surface area contributed by atoms with Crippen molar-refractivity contribution in [2.75, 3.05) is 14.2 Å². The minimum absolute atomic E-state index is 0.0534. The number of benzene rings is 3. The van der Waals surface area contributed by atoms with Crippen LogP contribution in [0.3, 0.4) is 0 Å². The van der Waals surface area contributed by atoms with E-state index in [4.69, 9.17) is 14.5 Å². The van der Waals surface area contributed by atoms with Crippen LogP contribution in [-0.4, -0.2) is 36.2 Å². The number of methoxy groups -OCH3 is 2. The molecule has 0 aliphatic carbocycles. The van der Waals surface area contributed by atoms with E-state index in [-0.39, 0.29) is 18.1 Å². The highest BCUT2D eigenvalue weighted by molar-refractivity contribution is 8.00. The Hall–Kier alpha value is -3.33. The van der Waals surface area contributed by atoms with Crippen LogP contribution in [0.15, 0.2) is 71.1 Å². The zero-order valence-electron chi connectivity index (χ0n) is 20.0. The Balaban J connectivity index is 1.36. The molecule has 6 nitrogen and oxygen atoms in total. The molecular formula is C28H26N3O3S2+. The molecule has 8 heteroatoms. The van der Waals surface area contributed by atoms with E-state index >= 15 is 0 Å². The Labute approximate surface area is 217 Å². The molecule has 6 rings (SSSR count). The molecular weight excluding hydrogens is 490 g/mol. The average Bonchev–Trinajstić information content (AvgIpc) is 3.51. The van der Waals surface area contributed by atoms with Gasteiger partial charge in [0.15, 0.2) is 16.4 Å². The molecule has 3 aromatic carbocycles. The first-order valence-corrected chi connectivity index (χ1v) is 13.6. The number of nitrogens with zero attached hydrogens (tertiary/aromatic N) is 1. The molecule has 0 spiro atoms. The number of thioether (sulfide) groups is 1. The molecule has 2 atom stereocenters. The molecule has 0 unspecified atom stereocenters. The third-order valence-electron chi connectivity index (χ3n) is 6.80. The van der Waals surface area contributed by atoms with E-state index in [2.05, 4.69) is 40.6 Å². The van der Waals surface area contributed by atoms with Gasteiger partial charge in [0, 0.05) is 34.2 Å². The standard InChI is InChI=1S/C28H25N3O3S2/c1-33-23-12-11-16(13-17(23)15-35-28-31-21-9-5-6-10-24(21)36-28)25-26-19(14-22(30-25)27(32)34-2)18-7-3-4-8-20(18)29-26/h3-13,22,25,29-30H,14-15H2,1-2H3/p+1/t22-,25-/m1/s1. The summed E-state index contributed by atoms with van der Waals surface area (Å²) < 4.78 is 13.1. The summed E-state index contributed by atoms with van der Waals surface area (Å²) in [6.07, 6.45) is 0.638. The Morgan fingerprint density at radius 2 is 1.97 bits per heavy atom. The zero-order valence-corrected chi connectivity index (χ0v) is 21.6. The van der Waals surface area contributed by atoms with Crippen molar-refractivity contribution in [3.8, 4) is 5.75 Å². The van der Waals surface area contributed by atoms with Gasteiger partial charge in [0.25, 0.3) is 0 Å². The van der Waals surface area contributed by atoms with Crippen molar-refractivity contribution in [2.24, 2.45) is 0 Å². The first-order valence-electron chi connectivity index (χ1n) is 11.8. The first-order chi connectivity index (χ1) is 17.6. The summed E-state index contributed by atoms with van der Waals surface area (Å²) in [5, 5.41) is 3.29. The minimum atomic E-state index is -0.297. The maximum Gasteiger partial charge on any atom is 0.364 e. The lowest BCUT2D eigenvalue weighted by atomic mass is 9.89. The number of nitrogens with one attached hydrogen (secondary N) is 1. The summed E-state index contributed by atoms with van der Waals surface area (Å²) in [6.45, 7) is 0. The van der Waals surface area contributed by atoms with Crippen LogP contribution in [0.1, 0.15) is 28.4 Å². The van der Waals surface area contributed by atoms with Crippen LogP contribution in [0, 0.1) is 0 Å². The van der Waals surface area contributed by atoms with Crippen molar-refractivity contribution in [1.82, 2.24) is 9.97 Å². The summed E-state index contributed by atoms with van der Waals surface area (Å²) in [5.74, 6) is 1.39. The normalized spacial score (nSPS) is 17.3. The van der Waals surface area contributed by atoms with Gasteiger partial charge in [-0.3, -0.25) is 0 Å². The monoisotopic (exact) mass is 516 g/mol. The highest BCUT2D eigenvalue weighted by atomic mass is 32.2. The number of quaternary nitrogens is 1. The van der Waals surface area contributed by atoms with Gasteiger partial charge in [-0.05, 0) is 42.0 Å². The largest absolute Gasteiger partial charge is 0.496 e. The van der Waals surface area contributed by atoms with Crippen LogP contribution in [0.5, 0.6) is 5.75 Å². The number of aromatic amines is 1. The van der Waals surface area contributed by atoms with Gasteiger partial charge in [-0.15, -0.1) is 11.3 Å². The molecule has 36 heavy (non-hydrogen) atoms. The van der Waals surface area contributed by atoms with E-state index in [1.165, 1.54) is 22.8 Å². The quantitative estimate of drug-likeness (QED) is 0.250. The van der Waals surface area contributed by atoms with Crippen LogP contribution in [0.2, 0.25) is 0 Å². The number of ether oxygens (including phenoxy) is 2. The van der Waals surface area contributed by atoms with E-state index < -0.39 is 0 Å². The topological polar surface area (TPSA) is 80.8 Å². The summed E-state index contributed by atoms with van der Waals surface area (Å²) in [7, 11) is 3.16. The molecule has 0 amide bonds. The van der Waals surface area contributed by atoms with Crippen molar-refractivity contribution in [1.29, 1.82) is 0 Å². The lowest BCUT2D eigenvalue weighted by Crippen LogP contribution is -2.94. The number of H-pyrrole nitrogens is 1. The van der Waals surface area contributed by atoms with E-state index in [1.807, 2.05) is 36.4 Å². The molecule has 1 aliphatic rings. The summed E-state index contributed by atoms with van der Waals surface area (Å²) in [6, 6.07) is 22.5. The van der Waals surface area contributed by atoms with Crippen LogP contribution in [0.4, 0.5) is 0 Å². The summed E-state index contributed by atoms with van der Waals surface area (Å²) in [4.78, 5) is 21.0. The molecule has 0 saturated carbocycles. The van der Waals surface area contributed by atoms with Crippen LogP contribution < -0.4 is 10.1 Å². The van der Waals surface area contributed by atoms with Crippen molar-refractivity contribution >= 4 is 50.2 Å². The molecule has 1 aliphatic heterocycles. The van der Waals surface area contributed by atoms with Crippen LogP contribution in [-0.2, 0) is 21.7 Å². The van der Waals surface area contributed by atoms with Crippen LogP contribution >= 0.6 is 23.1 Å². The SMILES string of the molecule is COC(=O)[C@H]1Cc2c([nH]c3ccccc23)[C@@H](c2ccc(OC)c(CSc3nc4ccccc4s3)c2)[NH2+]1. The number of carbonyl (C=O) groups is 1. The number of carbonyl (C=O) groups excluding carboxylic acids is 1. The number of esters is 1. The first kappa shape index (κ1) is 23.1. The Morgan fingerprint density at radius 3 is 2.81 bits per heavy atom. The molecule has 0 bridgehead atoms. The molecule has 3 heterocycles. The lowest BCUT2D eigenvalue weighted by Gasteiger charge is -2.27. The van der Waals surface area contributed by atoms with E-state index in [0.29, 0.717) is 6.42 Å². The maximum absolute atomic E-state index is 12.6.